The molecule has 0 aliphatic heterocycles. The van der Waals surface area contributed by atoms with Crippen molar-refractivity contribution in [3.63, 3.8) is 0 Å². The summed E-state index contributed by atoms with van der Waals surface area (Å²) in [6.07, 6.45) is 0. The predicted molar refractivity (Wildman–Crippen MR) is 84.5 cm³/mol. The van der Waals surface area contributed by atoms with Crippen molar-refractivity contribution in [2.45, 2.75) is 20.0 Å². The fourth-order valence-corrected chi connectivity index (χ4v) is 2.12. The molecule has 0 saturated heterocycles. The Morgan fingerprint density at radius 2 is 1.76 bits per heavy atom. The summed E-state index contributed by atoms with van der Waals surface area (Å²) in [5.41, 5.74) is 7.99. The summed E-state index contributed by atoms with van der Waals surface area (Å²) in [6, 6.07) is 6.24. The van der Waals surface area contributed by atoms with Gasteiger partial charge < -0.3 is 19.9 Å². The molecule has 0 unspecified atom stereocenters. The van der Waals surface area contributed by atoms with Gasteiger partial charge in [0.1, 0.15) is 5.75 Å². The molecule has 0 aromatic heterocycles. The third-order valence-electron chi connectivity index (χ3n) is 3.28. The molecule has 0 atom stereocenters. The summed E-state index contributed by atoms with van der Waals surface area (Å²) in [4.78, 5) is 2.31. The molecule has 0 bridgehead atoms. The quantitative estimate of drug-likeness (QED) is 0.673. The lowest BCUT2D eigenvalue weighted by Gasteiger charge is -2.22. The number of rotatable bonds is 11. The molecular formula is C16H28N2O3. The minimum Gasteiger partial charge on any atom is -0.494 e. The lowest BCUT2D eigenvalue weighted by atomic mass is 10.1. The van der Waals surface area contributed by atoms with Crippen LogP contribution in [-0.2, 0) is 22.6 Å². The summed E-state index contributed by atoms with van der Waals surface area (Å²) < 4.78 is 16.0. The van der Waals surface area contributed by atoms with Crippen molar-refractivity contribution < 1.29 is 14.2 Å². The Morgan fingerprint density at radius 3 is 2.29 bits per heavy atom. The van der Waals surface area contributed by atoms with Crippen molar-refractivity contribution in [3.05, 3.63) is 29.3 Å². The first-order chi connectivity index (χ1) is 10.2. The zero-order valence-electron chi connectivity index (χ0n) is 13.4. The molecule has 1 aromatic carbocycles. The highest BCUT2D eigenvalue weighted by molar-refractivity contribution is 5.37. The number of hydrogen-bond donors (Lipinski definition) is 1. The van der Waals surface area contributed by atoms with Gasteiger partial charge in [-0.3, -0.25) is 4.90 Å². The zero-order valence-corrected chi connectivity index (χ0v) is 13.4. The summed E-state index contributed by atoms with van der Waals surface area (Å²) in [7, 11) is 3.44. The van der Waals surface area contributed by atoms with Crippen molar-refractivity contribution in [2.75, 3.05) is 47.1 Å². The minimum atomic E-state index is 0.493. The van der Waals surface area contributed by atoms with Gasteiger partial charge in [0, 0.05) is 46.0 Å². The molecule has 5 nitrogen and oxygen atoms in total. The minimum absolute atomic E-state index is 0.493. The maximum atomic E-state index is 5.74. The van der Waals surface area contributed by atoms with Crippen LogP contribution in [0, 0.1) is 0 Å². The van der Waals surface area contributed by atoms with E-state index in [2.05, 4.69) is 17.0 Å². The second-order valence-corrected chi connectivity index (χ2v) is 4.84. The van der Waals surface area contributed by atoms with Crippen LogP contribution in [0.2, 0.25) is 0 Å². The van der Waals surface area contributed by atoms with Gasteiger partial charge in [-0.2, -0.15) is 0 Å². The van der Waals surface area contributed by atoms with Gasteiger partial charge in [-0.1, -0.05) is 12.1 Å². The highest BCUT2D eigenvalue weighted by Gasteiger charge is 2.09. The van der Waals surface area contributed by atoms with Crippen molar-refractivity contribution in [3.8, 4) is 5.75 Å². The average Bonchev–Trinajstić information content (AvgIpc) is 2.50. The maximum Gasteiger partial charge on any atom is 0.124 e. The molecule has 0 aliphatic rings. The first-order valence-corrected chi connectivity index (χ1v) is 7.40. The first-order valence-electron chi connectivity index (χ1n) is 7.40. The lowest BCUT2D eigenvalue weighted by molar-refractivity contribution is 0.110. The van der Waals surface area contributed by atoms with Gasteiger partial charge in [0.2, 0.25) is 0 Å². The summed E-state index contributed by atoms with van der Waals surface area (Å²) >= 11 is 0. The number of ether oxygens (including phenoxy) is 3. The van der Waals surface area contributed by atoms with Crippen LogP contribution in [0.4, 0.5) is 0 Å². The molecule has 0 heterocycles. The number of hydrogen-bond acceptors (Lipinski definition) is 5. The third-order valence-corrected chi connectivity index (χ3v) is 3.28. The van der Waals surface area contributed by atoms with E-state index in [1.807, 2.05) is 13.0 Å². The standard InChI is InChI=1S/C16H28N2O3/c1-4-21-16-11-14(5-6-15(16)12-17)13-18(7-9-19-2)8-10-20-3/h5-6,11H,4,7-10,12-13,17H2,1-3H3. The molecule has 1 aromatic rings. The molecule has 120 valence electrons. The van der Waals surface area contributed by atoms with Gasteiger partial charge in [0.25, 0.3) is 0 Å². The Hall–Kier alpha value is -1.14. The van der Waals surface area contributed by atoms with Crippen molar-refractivity contribution in [2.24, 2.45) is 5.73 Å². The molecule has 0 saturated carbocycles. The second kappa shape index (κ2) is 10.6. The molecule has 1 rings (SSSR count). The Kier molecular flexibility index (Phi) is 9.01. The van der Waals surface area contributed by atoms with Crippen molar-refractivity contribution >= 4 is 0 Å². The molecule has 2 N–H and O–H groups in total. The van der Waals surface area contributed by atoms with Crippen LogP contribution in [-0.4, -0.2) is 52.0 Å². The monoisotopic (exact) mass is 296 g/mol. The van der Waals surface area contributed by atoms with Crippen LogP contribution in [0.1, 0.15) is 18.1 Å². The maximum absolute atomic E-state index is 5.74. The Morgan fingerprint density at radius 1 is 1.10 bits per heavy atom. The molecule has 5 heteroatoms. The van der Waals surface area contributed by atoms with E-state index in [1.165, 1.54) is 5.56 Å². The van der Waals surface area contributed by atoms with Gasteiger partial charge in [0.05, 0.1) is 19.8 Å². The molecule has 0 aliphatic carbocycles. The Bertz CT molecular complexity index is 391. The first kappa shape index (κ1) is 17.9. The highest BCUT2D eigenvalue weighted by atomic mass is 16.5. The summed E-state index contributed by atoms with van der Waals surface area (Å²) in [6.45, 7) is 7.14. The highest BCUT2D eigenvalue weighted by Crippen LogP contribution is 2.21. The number of methoxy groups -OCH3 is 2. The molecule has 21 heavy (non-hydrogen) atoms. The third kappa shape index (κ3) is 6.44. The Labute approximate surface area is 128 Å². The van der Waals surface area contributed by atoms with Gasteiger partial charge >= 0.3 is 0 Å². The van der Waals surface area contributed by atoms with Gasteiger partial charge in [-0.15, -0.1) is 0 Å². The van der Waals surface area contributed by atoms with Crippen molar-refractivity contribution in [1.29, 1.82) is 0 Å². The largest absolute Gasteiger partial charge is 0.494 e. The SMILES string of the molecule is CCOc1cc(CN(CCOC)CCOC)ccc1CN. The Balaban J connectivity index is 2.74. The molecule has 0 radical (unpaired) electrons. The van der Waals surface area contributed by atoms with E-state index in [0.29, 0.717) is 26.4 Å². The number of nitrogens with two attached hydrogens (primary N) is 1. The van der Waals surface area contributed by atoms with E-state index in [-0.39, 0.29) is 0 Å². The summed E-state index contributed by atoms with van der Waals surface area (Å²) in [5.74, 6) is 0.885. The van der Waals surface area contributed by atoms with E-state index < -0.39 is 0 Å². The lowest BCUT2D eigenvalue weighted by Crippen LogP contribution is -2.30. The predicted octanol–water partition coefficient (Wildman–Crippen LogP) is 1.64. The summed E-state index contributed by atoms with van der Waals surface area (Å²) in [5, 5.41) is 0. The van der Waals surface area contributed by atoms with Crippen LogP contribution in [0.15, 0.2) is 18.2 Å². The molecule has 0 spiro atoms. The topological polar surface area (TPSA) is 57.0 Å². The molecular weight excluding hydrogens is 268 g/mol. The van der Waals surface area contributed by atoms with Crippen LogP contribution in [0.25, 0.3) is 0 Å². The second-order valence-electron chi connectivity index (χ2n) is 4.84. The smallest absolute Gasteiger partial charge is 0.124 e. The number of benzene rings is 1. The van der Waals surface area contributed by atoms with Crippen LogP contribution in [0.3, 0.4) is 0 Å². The van der Waals surface area contributed by atoms with Crippen LogP contribution in [0.5, 0.6) is 5.75 Å². The zero-order chi connectivity index (χ0) is 15.5. The van der Waals surface area contributed by atoms with E-state index in [1.54, 1.807) is 14.2 Å². The van der Waals surface area contributed by atoms with E-state index in [4.69, 9.17) is 19.9 Å². The number of nitrogens with zero attached hydrogens (tertiary/aromatic N) is 1. The van der Waals surface area contributed by atoms with Crippen LogP contribution < -0.4 is 10.5 Å². The average molecular weight is 296 g/mol. The fourth-order valence-electron chi connectivity index (χ4n) is 2.12. The fraction of sp³-hybridized carbons (Fsp3) is 0.625. The van der Waals surface area contributed by atoms with E-state index >= 15 is 0 Å². The van der Waals surface area contributed by atoms with Gasteiger partial charge in [-0.05, 0) is 18.6 Å². The van der Waals surface area contributed by atoms with Gasteiger partial charge in [0.15, 0.2) is 0 Å². The van der Waals surface area contributed by atoms with Gasteiger partial charge in [-0.25, -0.2) is 0 Å². The molecule has 0 amide bonds. The van der Waals surface area contributed by atoms with E-state index in [0.717, 1.165) is 30.9 Å². The normalized spacial score (nSPS) is 11.1. The molecule has 0 fully saturated rings. The van der Waals surface area contributed by atoms with Crippen LogP contribution >= 0.6 is 0 Å². The van der Waals surface area contributed by atoms with E-state index in [9.17, 15) is 0 Å². The van der Waals surface area contributed by atoms with Crippen molar-refractivity contribution in [1.82, 2.24) is 4.90 Å².